The van der Waals surface area contributed by atoms with Crippen molar-refractivity contribution in [2.45, 2.75) is 190 Å². The summed E-state index contributed by atoms with van der Waals surface area (Å²) in [6.07, 6.45) is 19.3. The van der Waals surface area contributed by atoms with Crippen LogP contribution in [0.25, 0.3) is 10.8 Å². The zero-order valence-corrected chi connectivity index (χ0v) is 61.0. The number of aliphatic hydroxyl groups excluding tert-OH is 3. The number of methoxy groups -OCH3 is 1. The van der Waals surface area contributed by atoms with Gasteiger partial charge in [0, 0.05) is 64.9 Å². The number of carbonyl (C=O) groups is 1. The third-order valence-electron chi connectivity index (χ3n) is 24.8. The number of ether oxygens (including phenoxy) is 2. The Labute approximate surface area is 596 Å². The number of aliphatic hydroxyl groups is 3. The Hall–Kier alpha value is -5.23. The van der Waals surface area contributed by atoms with Crippen LogP contribution in [0.4, 0.5) is 0 Å². The Kier molecular flexibility index (Phi) is 21.4. The van der Waals surface area contributed by atoms with E-state index in [-0.39, 0.29) is 59.2 Å². The molecule has 4 aliphatic carbocycles. The van der Waals surface area contributed by atoms with Gasteiger partial charge in [0.25, 0.3) is 0 Å². The Morgan fingerprint density at radius 2 is 1.54 bits per heavy atom. The molecule has 1 spiro atoms. The lowest BCUT2D eigenvalue weighted by molar-refractivity contribution is -0.150. The number of H-pyrrole nitrogens is 1. The molecule has 7 aromatic rings. The van der Waals surface area contributed by atoms with Gasteiger partial charge in [-0.3, -0.25) is 4.79 Å². The van der Waals surface area contributed by atoms with Crippen molar-refractivity contribution >= 4 is 59.7 Å². The summed E-state index contributed by atoms with van der Waals surface area (Å²) in [6, 6.07) is 37.1. The van der Waals surface area contributed by atoms with E-state index in [0.29, 0.717) is 65.1 Å². The number of hydrogen-bond acceptors (Lipinski definition) is 14. The van der Waals surface area contributed by atoms with E-state index in [9.17, 15) is 30.6 Å². The number of aromatic hydroxyl groups is 3. The summed E-state index contributed by atoms with van der Waals surface area (Å²) in [4.78, 5) is 21.4. The summed E-state index contributed by atoms with van der Waals surface area (Å²) in [5, 5.41) is 82.8. The van der Waals surface area contributed by atoms with Crippen LogP contribution in [-0.2, 0) is 54.3 Å². The second-order valence-corrected chi connectivity index (χ2v) is 36.0. The monoisotopic (exact) mass is 1400 g/mol. The smallest absolute Gasteiger partial charge is 0.164 e. The van der Waals surface area contributed by atoms with Gasteiger partial charge in [0.2, 0.25) is 0 Å². The zero-order valence-electron chi connectivity index (χ0n) is 57.7. The number of aryl methyl sites for hydroxylation is 2. The highest BCUT2D eigenvalue weighted by Crippen LogP contribution is 2.60. The lowest BCUT2D eigenvalue weighted by atomic mass is 9.52. The van der Waals surface area contributed by atoms with Gasteiger partial charge in [-0.05, 0) is 247 Å². The fourth-order valence-corrected chi connectivity index (χ4v) is 25.7. The van der Waals surface area contributed by atoms with Gasteiger partial charge in [-0.1, -0.05) is 156 Å². The average Bonchev–Trinajstić information content (AvgIpc) is 0.722. The van der Waals surface area contributed by atoms with E-state index in [1.165, 1.54) is 36.8 Å². The molecule has 1 aromatic heterocycles. The highest BCUT2D eigenvalue weighted by atomic mass is 33.1. The van der Waals surface area contributed by atoms with E-state index in [1.54, 1.807) is 57.7 Å². The number of carbonyl (C=O) groups excluding carboxylic acids is 1. The molecule has 13 atom stereocenters. The number of phenolic OH excluding ortho intramolecular Hbond substituents is 3. The SMILES string of the molecule is CCc1ccc2cccc3c2c1Cc1c(ccc(O)c1OC)CC(Cc1cc[nH]c1)C(O)C1C(=O)C(c2cc(O)cc(C45CCCC(Cc6cccc(CCC(C)C)c6)C4CCCN5)c2)(C2CSSCC4CC5(CCCC5)CCC4Oc4cc2ccc4O)C(O)CC1CSSC3CO. The number of Topliss-reactive ketones (excluding diaryl/α,β-unsaturated/α-hetero) is 1. The number of ketones is 1. The number of phenols is 3. The normalized spacial score (nSPS) is 29.8. The second kappa shape index (κ2) is 30.0. The van der Waals surface area contributed by atoms with Crippen LogP contribution < -0.4 is 14.8 Å². The van der Waals surface area contributed by atoms with Crippen LogP contribution in [0, 0.1) is 46.8 Å². The van der Waals surface area contributed by atoms with E-state index < -0.39 is 46.8 Å². The molecule has 1 saturated heterocycles. The van der Waals surface area contributed by atoms with Gasteiger partial charge in [0.15, 0.2) is 28.8 Å². The zero-order chi connectivity index (χ0) is 67.9. The van der Waals surface area contributed by atoms with Crippen molar-refractivity contribution in [1.82, 2.24) is 10.3 Å². The average molecular weight is 1400 g/mol. The molecule has 0 amide bonds. The van der Waals surface area contributed by atoms with Crippen molar-refractivity contribution in [1.29, 1.82) is 0 Å². The van der Waals surface area contributed by atoms with Crippen molar-refractivity contribution in [3.05, 3.63) is 183 Å². The fourth-order valence-electron chi connectivity index (χ4n) is 20.0. The number of benzene rings is 6. The summed E-state index contributed by atoms with van der Waals surface area (Å²) in [5.74, 6) is 0.656. The molecule has 4 saturated carbocycles. The predicted molar refractivity (Wildman–Crippen MR) is 402 cm³/mol. The topological polar surface area (TPSA) is 185 Å². The number of hydrogen-bond donors (Lipinski definition) is 8. The Morgan fingerprint density at radius 3 is 2.35 bits per heavy atom. The first-order chi connectivity index (χ1) is 47.6. The largest absolute Gasteiger partial charge is 0.508 e. The second-order valence-electron chi connectivity index (χ2n) is 30.9. The number of nitrogens with one attached hydrogen (secondary N) is 2. The van der Waals surface area contributed by atoms with Gasteiger partial charge in [-0.15, -0.1) is 0 Å². The standard InChI is InChI=1S/C83H102N2O9S4/c1-5-54-20-21-55-14-9-16-65-74(46-86)98-97-47-60-39-75(90)83(69-49-96-95-48-61-44-81(28-6-7-29-81)31-26-72(61)94-73-38-58(69)23-24-70(73)88,80(92)77(60)78(91)59(36-53-27-33-84-45-53)37-56-22-25-71(89)79(93-4)67(56)43-66(54)76(55)65)63-40-62(41-64(87)42-63)82-30-10-15-57(68(82)17-11-32-85-82)35-52-13-8-12-51(34-52)19-18-50(2)3/h8-9,12-14,16,20-25,27,33-34,38,40-42,45,50,57,59-61,68-69,72,74-75,77-78,84-91H,5-7,10-11,15,17-19,26,28-32,35-37,39,43-44,46-49H2,1-4H3. The van der Waals surface area contributed by atoms with Gasteiger partial charge in [-0.25, -0.2) is 0 Å². The Bertz CT molecular complexity index is 3940. The van der Waals surface area contributed by atoms with Gasteiger partial charge >= 0.3 is 0 Å². The molecule has 2 bridgehead atoms. The number of piperidine rings is 1. The molecule has 522 valence electrons. The van der Waals surface area contributed by atoms with E-state index in [1.807, 2.05) is 53.5 Å². The van der Waals surface area contributed by atoms with Crippen LogP contribution >= 0.6 is 43.2 Å². The van der Waals surface area contributed by atoms with E-state index in [0.717, 1.165) is 145 Å². The lowest BCUT2D eigenvalue weighted by Crippen LogP contribution is -2.63. The quantitative estimate of drug-likeness (QED) is 0.0510. The number of aromatic nitrogens is 1. The van der Waals surface area contributed by atoms with Crippen LogP contribution in [0.15, 0.2) is 122 Å². The maximum atomic E-state index is 18.2. The highest BCUT2D eigenvalue weighted by Gasteiger charge is 2.62. The molecule has 5 fully saturated rings. The first-order valence-electron chi connectivity index (χ1n) is 36.9. The molecule has 13 unspecified atom stereocenters. The van der Waals surface area contributed by atoms with Gasteiger partial charge in [-0.2, -0.15) is 0 Å². The summed E-state index contributed by atoms with van der Waals surface area (Å²) in [7, 11) is 8.33. The molecular weight excluding hydrogens is 1300 g/mol. The number of aromatic amines is 1. The van der Waals surface area contributed by atoms with Crippen molar-refractivity contribution in [2.75, 3.05) is 37.5 Å². The van der Waals surface area contributed by atoms with Crippen molar-refractivity contribution in [3.63, 3.8) is 0 Å². The minimum absolute atomic E-state index is 0.00874. The Morgan fingerprint density at radius 1 is 0.745 bits per heavy atom. The molecule has 8 N–H and O–H groups in total. The van der Waals surface area contributed by atoms with Crippen molar-refractivity contribution in [3.8, 4) is 28.7 Å². The summed E-state index contributed by atoms with van der Waals surface area (Å²) >= 11 is 0. The van der Waals surface area contributed by atoms with Crippen LogP contribution in [0.1, 0.15) is 183 Å². The minimum Gasteiger partial charge on any atom is -0.508 e. The van der Waals surface area contributed by atoms with Crippen LogP contribution in [0.3, 0.4) is 0 Å². The fraction of sp³-hybridized carbons (Fsp3) is 0.530. The molecule has 0 radical (unpaired) electrons. The van der Waals surface area contributed by atoms with Gasteiger partial charge in [0.05, 0.1) is 36.6 Å². The van der Waals surface area contributed by atoms with Gasteiger partial charge in [0.1, 0.15) is 11.9 Å². The maximum Gasteiger partial charge on any atom is 0.164 e. The summed E-state index contributed by atoms with van der Waals surface area (Å²) in [5.41, 5.74) is 8.81. The van der Waals surface area contributed by atoms with Crippen molar-refractivity contribution in [2.24, 2.45) is 46.8 Å². The van der Waals surface area contributed by atoms with Crippen molar-refractivity contribution < 1.29 is 44.9 Å². The molecule has 7 aliphatic rings. The third-order valence-corrected chi connectivity index (χ3v) is 30.2. The number of fused-ring (bicyclic) bond motifs is 6. The molecule has 11 nitrogen and oxygen atoms in total. The first kappa shape index (κ1) is 69.8. The third kappa shape index (κ3) is 13.6. The lowest BCUT2D eigenvalue weighted by Gasteiger charge is -2.54. The van der Waals surface area contributed by atoms with Crippen LogP contribution in [0.5, 0.6) is 28.7 Å². The first-order valence-corrected chi connectivity index (χ1v) is 41.7. The predicted octanol–water partition coefficient (Wildman–Crippen LogP) is 17.3. The molecule has 3 aliphatic heterocycles. The molecular formula is C83H102N2O9S4. The van der Waals surface area contributed by atoms with Crippen LogP contribution in [0.2, 0.25) is 0 Å². The van der Waals surface area contributed by atoms with E-state index in [2.05, 4.69) is 91.7 Å². The number of rotatable bonds is 13. The molecule has 14 rings (SSSR count). The highest BCUT2D eigenvalue weighted by molar-refractivity contribution is 8.77. The molecule has 15 heteroatoms. The maximum absolute atomic E-state index is 18.2. The summed E-state index contributed by atoms with van der Waals surface area (Å²) in [6.45, 7) is 7.39. The van der Waals surface area contributed by atoms with E-state index in [4.69, 9.17) is 9.47 Å². The van der Waals surface area contributed by atoms with Crippen LogP contribution in [-0.4, -0.2) is 97.2 Å². The molecule has 4 heterocycles. The molecule has 98 heavy (non-hydrogen) atoms. The Balaban J connectivity index is 0.940. The summed E-state index contributed by atoms with van der Waals surface area (Å²) < 4.78 is 13.4. The van der Waals surface area contributed by atoms with Gasteiger partial charge < -0.3 is 50.4 Å². The molecule has 6 aromatic carbocycles. The van der Waals surface area contributed by atoms with E-state index >= 15 is 4.79 Å². The minimum atomic E-state index is -1.77.